The minimum absolute atomic E-state index is 0.103. The number of aromatic nitrogens is 2. The van der Waals surface area contributed by atoms with Gasteiger partial charge in [-0.3, -0.25) is 9.89 Å². The molecule has 0 fully saturated rings. The number of rotatable bonds is 4. The van der Waals surface area contributed by atoms with Crippen LogP contribution in [0.25, 0.3) is 0 Å². The molecule has 0 bridgehead atoms. The van der Waals surface area contributed by atoms with Gasteiger partial charge in [-0.15, -0.1) is 0 Å². The number of aromatic amines is 1. The summed E-state index contributed by atoms with van der Waals surface area (Å²) < 4.78 is 0. The zero-order chi connectivity index (χ0) is 11.4. The van der Waals surface area contributed by atoms with Crippen molar-refractivity contribution in [3.8, 4) is 0 Å². The first-order chi connectivity index (χ1) is 7.15. The molecule has 84 valence electrons. The first-order valence-electron chi connectivity index (χ1n) is 5.27. The van der Waals surface area contributed by atoms with Crippen molar-refractivity contribution >= 4 is 11.6 Å². The molecule has 5 nitrogen and oxygen atoms in total. The van der Waals surface area contributed by atoms with Gasteiger partial charge in [0.1, 0.15) is 0 Å². The summed E-state index contributed by atoms with van der Waals surface area (Å²) in [5.41, 5.74) is 7.47. The van der Waals surface area contributed by atoms with E-state index in [4.69, 9.17) is 5.73 Å². The Hall–Kier alpha value is -1.52. The Bertz CT molecular complexity index is 341. The number of nitrogens with zero attached hydrogens (tertiary/aromatic N) is 2. The second kappa shape index (κ2) is 4.82. The van der Waals surface area contributed by atoms with Gasteiger partial charge in [0.2, 0.25) is 0 Å². The second-order valence-corrected chi connectivity index (χ2v) is 3.30. The van der Waals surface area contributed by atoms with E-state index in [1.54, 1.807) is 4.90 Å². The van der Waals surface area contributed by atoms with E-state index in [1.807, 2.05) is 20.8 Å². The molecule has 15 heavy (non-hydrogen) atoms. The Morgan fingerprint density at radius 1 is 1.40 bits per heavy atom. The first kappa shape index (κ1) is 11.6. The van der Waals surface area contributed by atoms with Gasteiger partial charge in [0.25, 0.3) is 5.91 Å². The van der Waals surface area contributed by atoms with Crippen LogP contribution in [0.5, 0.6) is 0 Å². The highest BCUT2D eigenvalue weighted by Crippen LogP contribution is 2.16. The summed E-state index contributed by atoms with van der Waals surface area (Å²) in [6.45, 7) is 7.18. The van der Waals surface area contributed by atoms with Crippen LogP contribution in [0.1, 0.15) is 37.0 Å². The van der Waals surface area contributed by atoms with Crippen molar-refractivity contribution in [1.82, 2.24) is 15.1 Å². The van der Waals surface area contributed by atoms with E-state index in [0.29, 0.717) is 24.5 Å². The maximum Gasteiger partial charge on any atom is 0.276 e. The van der Waals surface area contributed by atoms with Crippen LogP contribution in [0, 0.1) is 0 Å². The average Bonchev–Trinajstić information content (AvgIpc) is 2.61. The molecule has 5 heteroatoms. The number of aryl methyl sites for hydroxylation is 1. The summed E-state index contributed by atoms with van der Waals surface area (Å²) in [5.74, 6) is -0.103. The number of hydrogen-bond acceptors (Lipinski definition) is 3. The van der Waals surface area contributed by atoms with Gasteiger partial charge in [-0.25, -0.2) is 0 Å². The number of H-pyrrole nitrogens is 1. The molecule has 0 aromatic carbocycles. The highest BCUT2D eigenvalue weighted by molar-refractivity contribution is 5.97. The van der Waals surface area contributed by atoms with Gasteiger partial charge in [0.05, 0.1) is 11.4 Å². The Morgan fingerprint density at radius 3 is 2.40 bits per heavy atom. The van der Waals surface area contributed by atoms with Gasteiger partial charge < -0.3 is 10.6 Å². The van der Waals surface area contributed by atoms with Crippen LogP contribution in [0.4, 0.5) is 5.69 Å². The molecule has 1 rings (SSSR count). The van der Waals surface area contributed by atoms with Crippen molar-refractivity contribution in [3.63, 3.8) is 0 Å². The summed E-state index contributed by atoms with van der Waals surface area (Å²) in [6, 6.07) is 0. The van der Waals surface area contributed by atoms with E-state index in [2.05, 4.69) is 10.2 Å². The summed E-state index contributed by atoms with van der Waals surface area (Å²) in [4.78, 5) is 13.6. The Kier molecular flexibility index (Phi) is 3.71. The van der Waals surface area contributed by atoms with E-state index < -0.39 is 0 Å². The Morgan fingerprint density at radius 2 is 2.00 bits per heavy atom. The number of hydrogen-bond donors (Lipinski definition) is 2. The quantitative estimate of drug-likeness (QED) is 0.779. The van der Waals surface area contributed by atoms with Gasteiger partial charge in [0, 0.05) is 13.1 Å². The monoisotopic (exact) mass is 210 g/mol. The molecular weight excluding hydrogens is 192 g/mol. The van der Waals surface area contributed by atoms with Gasteiger partial charge in [-0.2, -0.15) is 5.10 Å². The third-order valence-corrected chi connectivity index (χ3v) is 2.49. The maximum absolute atomic E-state index is 11.9. The van der Waals surface area contributed by atoms with E-state index in [9.17, 15) is 4.79 Å². The van der Waals surface area contributed by atoms with Gasteiger partial charge in [-0.05, 0) is 20.3 Å². The fourth-order valence-corrected chi connectivity index (χ4v) is 1.48. The van der Waals surface area contributed by atoms with Gasteiger partial charge >= 0.3 is 0 Å². The van der Waals surface area contributed by atoms with Crippen LogP contribution < -0.4 is 5.73 Å². The zero-order valence-electron chi connectivity index (χ0n) is 9.50. The smallest absolute Gasteiger partial charge is 0.276 e. The lowest BCUT2D eigenvalue weighted by Gasteiger charge is -2.17. The molecule has 0 radical (unpaired) electrons. The summed E-state index contributed by atoms with van der Waals surface area (Å²) >= 11 is 0. The molecule has 0 aliphatic rings. The van der Waals surface area contributed by atoms with Crippen molar-refractivity contribution in [2.75, 3.05) is 18.8 Å². The van der Waals surface area contributed by atoms with E-state index >= 15 is 0 Å². The lowest BCUT2D eigenvalue weighted by atomic mass is 10.2. The minimum Gasteiger partial charge on any atom is -0.395 e. The number of nitrogens with one attached hydrogen (secondary N) is 1. The third kappa shape index (κ3) is 2.11. The largest absolute Gasteiger partial charge is 0.395 e. The number of carbonyl (C=O) groups is 1. The standard InChI is InChI=1S/C10H18N4O/c1-4-7-8(11)9(13-12-7)10(15)14(5-2)6-3/h4-6,11H2,1-3H3,(H,12,13). The van der Waals surface area contributed by atoms with Crippen LogP contribution in [-0.2, 0) is 6.42 Å². The predicted molar refractivity (Wildman–Crippen MR) is 59.6 cm³/mol. The molecule has 0 aliphatic heterocycles. The van der Waals surface area contributed by atoms with Crippen molar-refractivity contribution < 1.29 is 4.79 Å². The van der Waals surface area contributed by atoms with Crippen LogP contribution in [0.2, 0.25) is 0 Å². The number of anilines is 1. The molecular formula is C10H18N4O. The first-order valence-corrected chi connectivity index (χ1v) is 5.27. The van der Waals surface area contributed by atoms with Crippen LogP contribution in [0.15, 0.2) is 0 Å². The molecule has 0 spiro atoms. The van der Waals surface area contributed by atoms with E-state index in [0.717, 1.165) is 12.1 Å². The summed E-state index contributed by atoms with van der Waals surface area (Å²) in [5, 5.41) is 6.75. The van der Waals surface area contributed by atoms with Gasteiger partial charge in [-0.1, -0.05) is 6.92 Å². The molecule has 1 amide bonds. The summed E-state index contributed by atoms with van der Waals surface area (Å²) in [6.07, 6.45) is 0.754. The Labute approximate surface area is 89.6 Å². The van der Waals surface area contributed by atoms with Crippen LogP contribution >= 0.6 is 0 Å². The Balaban J connectivity index is 2.95. The van der Waals surface area contributed by atoms with E-state index in [-0.39, 0.29) is 5.91 Å². The van der Waals surface area contributed by atoms with Crippen molar-refractivity contribution in [3.05, 3.63) is 11.4 Å². The number of carbonyl (C=O) groups excluding carboxylic acids is 1. The molecule has 0 atom stereocenters. The molecule has 1 aromatic rings. The predicted octanol–water partition coefficient (Wildman–Crippen LogP) is 1.04. The van der Waals surface area contributed by atoms with Crippen molar-refractivity contribution in [2.45, 2.75) is 27.2 Å². The normalized spacial score (nSPS) is 10.3. The van der Waals surface area contributed by atoms with Crippen molar-refractivity contribution in [1.29, 1.82) is 0 Å². The lowest BCUT2D eigenvalue weighted by Crippen LogP contribution is -2.31. The van der Waals surface area contributed by atoms with Gasteiger partial charge in [0.15, 0.2) is 5.69 Å². The average molecular weight is 210 g/mol. The number of nitrogens with two attached hydrogens (primary N) is 1. The topological polar surface area (TPSA) is 75.0 Å². The number of amides is 1. The minimum atomic E-state index is -0.103. The number of nitrogen functional groups attached to an aromatic ring is 1. The fraction of sp³-hybridized carbons (Fsp3) is 0.600. The molecule has 1 aromatic heterocycles. The highest BCUT2D eigenvalue weighted by Gasteiger charge is 2.20. The van der Waals surface area contributed by atoms with Crippen LogP contribution in [0.3, 0.4) is 0 Å². The fourth-order valence-electron chi connectivity index (χ4n) is 1.48. The molecule has 1 heterocycles. The second-order valence-electron chi connectivity index (χ2n) is 3.30. The SMILES string of the molecule is CCc1[nH]nc(C(=O)N(CC)CC)c1N. The summed E-state index contributed by atoms with van der Waals surface area (Å²) in [7, 11) is 0. The third-order valence-electron chi connectivity index (χ3n) is 2.49. The lowest BCUT2D eigenvalue weighted by molar-refractivity contribution is 0.0768. The van der Waals surface area contributed by atoms with Crippen LogP contribution in [-0.4, -0.2) is 34.1 Å². The maximum atomic E-state index is 11.9. The molecule has 0 saturated carbocycles. The molecule has 0 aliphatic carbocycles. The van der Waals surface area contributed by atoms with E-state index in [1.165, 1.54) is 0 Å². The molecule has 3 N–H and O–H groups in total. The van der Waals surface area contributed by atoms with Crippen molar-refractivity contribution in [2.24, 2.45) is 0 Å². The highest BCUT2D eigenvalue weighted by atomic mass is 16.2. The molecule has 0 saturated heterocycles. The molecule has 0 unspecified atom stereocenters. The zero-order valence-corrected chi connectivity index (χ0v) is 9.50.